The van der Waals surface area contributed by atoms with Crippen LogP contribution in [0.1, 0.15) is 120 Å². The predicted molar refractivity (Wildman–Crippen MR) is 130 cm³/mol. The third-order valence-corrected chi connectivity index (χ3v) is 12.9. The second-order valence-electron chi connectivity index (χ2n) is 14.3. The Hall–Kier alpha value is -0.590. The minimum absolute atomic E-state index is 0.130. The summed E-state index contributed by atoms with van der Waals surface area (Å²) in [5.74, 6) is 3.55. The number of hydrogen-bond acceptors (Lipinski definition) is 1. The smallest absolute Gasteiger partial charge is 0.138 e. The van der Waals surface area contributed by atoms with Gasteiger partial charge in [0.25, 0.3) is 0 Å². The van der Waals surface area contributed by atoms with Crippen molar-refractivity contribution in [3.8, 4) is 0 Å². The van der Waals surface area contributed by atoms with Crippen molar-refractivity contribution in [3.63, 3.8) is 0 Å². The number of fused-ring (bicyclic) bond motifs is 6. The lowest BCUT2D eigenvalue weighted by molar-refractivity contribution is -0.184. The first-order valence-electron chi connectivity index (χ1n) is 13.6. The maximum Gasteiger partial charge on any atom is 0.138 e. The molecule has 4 saturated carbocycles. The molecular weight excluding hydrogens is 376 g/mol. The van der Waals surface area contributed by atoms with Crippen LogP contribution >= 0.6 is 0 Å². The van der Waals surface area contributed by atoms with Gasteiger partial charge in [0, 0.05) is 11.8 Å². The van der Waals surface area contributed by atoms with Crippen LogP contribution in [0, 0.1) is 50.7 Å². The average Bonchev–Trinajstić information content (AvgIpc) is 3.03. The van der Waals surface area contributed by atoms with Gasteiger partial charge in [0.15, 0.2) is 0 Å². The van der Waals surface area contributed by atoms with E-state index < -0.39 is 0 Å². The highest BCUT2D eigenvalue weighted by atomic mass is 16.1. The first-order valence-corrected chi connectivity index (χ1v) is 13.6. The molecule has 0 amide bonds. The van der Waals surface area contributed by atoms with Crippen LogP contribution < -0.4 is 0 Å². The third kappa shape index (κ3) is 2.53. The minimum atomic E-state index is -0.130. The van der Waals surface area contributed by atoms with Crippen LogP contribution in [0.25, 0.3) is 0 Å². The number of rotatable bonds is 1. The summed E-state index contributed by atoms with van der Waals surface area (Å²) >= 11 is 0. The molecule has 0 aromatic carbocycles. The molecule has 0 saturated heterocycles. The standard InChI is InChI=1S/C30H48O/c1-19(2)20-9-10-21-22-11-12-24-28(6)15-14-25(31)26(3,4)23(28)13-16-30(24,8)29(22,7)18-17-27(20,21)5/h19-20,23-24H,9-18H2,1-8H3/t20-,23-,24-,27-,28-,29-,30-/m0/s1. The third-order valence-electron chi connectivity index (χ3n) is 12.9. The van der Waals surface area contributed by atoms with Gasteiger partial charge in [-0.05, 0) is 103 Å². The molecule has 0 heterocycles. The van der Waals surface area contributed by atoms with Crippen molar-refractivity contribution in [2.24, 2.45) is 50.7 Å². The van der Waals surface area contributed by atoms with E-state index in [1.165, 1.54) is 51.4 Å². The Morgan fingerprint density at radius 2 is 1.42 bits per heavy atom. The summed E-state index contributed by atoms with van der Waals surface area (Å²) in [6.07, 6.45) is 12.8. The van der Waals surface area contributed by atoms with Gasteiger partial charge < -0.3 is 0 Å². The first kappa shape index (κ1) is 22.2. The largest absolute Gasteiger partial charge is 0.299 e. The Labute approximate surface area is 192 Å². The summed E-state index contributed by atoms with van der Waals surface area (Å²) < 4.78 is 0. The molecule has 1 heteroatoms. The van der Waals surface area contributed by atoms with Crippen molar-refractivity contribution in [2.45, 2.75) is 120 Å². The molecule has 5 aliphatic carbocycles. The van der Waals surface area contributed by atoms with E-state index in [1.807, 2.05) is 11.1 Å². The van der Waals surface area contributed by atoms with Crippen molar-refractivity contribution in [2.75, 3.05) is 0 Å². The molecule has 0 aliphatic heterocycles. The maximum absolute atomic E-state index is 12.9. The van der Waals surface area contributed by atoms with E-state index in [9.17, 15) is 4.79 Å². The SMILES string of the molecule is CC(C)[C@@H]1CCC2=C3CC[C@H]4[C@@]5(C)CCC(=O)C(C)(C)[C@@H]5CC[C@]4(C)[C@@]3(C)CC[C@]21C. The number of hydrogen-bond donors (Lipinski definition) is 0. The van der Waals surface area contributed by atoms with E-state index in [0.717, 1.165) is 30.6 Å². The number of ketones is 1. The highest BCUT2D eigenvalue weighted by molar-refractivity contribution is 5.85. The fraction of sp³-hybridized carbons (Fsp3) is 0.900. The van der Waals surface area contributed by atoms with E-state index in [-0.39, 0.29) is 5.41 Å². The molecule has 1 nitrogen and oxygen atoms in total. The zero-order valence-electron chi connectivity index (χ0n) is 21.8. The summed E-state index contributed by atoms with van der Waals surface area (Å²) in [6.45, 7) is 20.1. The molecular formula is C30H48O. The van der Waals surface area contributed by atoms with Gasteiger partial charge in [-0.15, -0.1) is 0 Å². The average molecular weight is 425 g/mol. The summed E-state index contributed by atoms with van der Waals surface area (Å²) in [6, 6.07) is 0. The molecule has 0 radical (unpaired) electrons. The molecule has 0 N–H and O–H groups in total. The van der Waals surface area contributed by atoms with Crippen LogP contribution in [-0.4, -0.2) is 5.78 Å². The van der Waals surface area contributed by atoms with Crippen LogP contribution in [0.15, 0.2) is 11.1 Å². The van der Waals surface area contributed by atoms with Gasteiger partial charge in [-0.1, -0.05) is 66.5 Å². The molecule has 5 rings (SSSR count). The number of Topliss-reactive ketones (excluding diaryl/α,β-unsaturated/α-hetero) is 1. The lowest BCUT2D eigenvalue weighted by Crippen LogP contribution is -2.63. The zero-order chi connectivity index (χ0) is 22.6. The Morgan fingerprint density at radius 3 is 2.10 bits per heavy atom. The summed E-state index contributed by atoms with van der Waals surface area (Å²) in [5, 5.41) is 0. The van der Waals surface area contributed by atoms with Crippen molar-refractivity contribution in [3.05, 3.63) is 11.1 Å². The second kappa shape index (κ2) is 6.50. The Morgan fingerprint density at radius 1 is 0.742 bits per heavy atom. The van der Waals surface area contributed by atoms with Gasteiger partial charge in [-0.25, -0.2) is 0 Å². The molecule has 7 atom stereocenters. The molecule has 0 unspecified atom stereocenters. The summed E-state index contributed by atoms with van der Waals surface area (Å²) in [5.41, 5.74) is 5.26. The molecule has 4 fully saturated rings. The maximum atomic E-state index is 12.9. The van der Waals surface area contributed by atoms with E-state index in [2.05, 4.69) is 55.4 Å². The normalized spacial score (nSPS) is 51.3. The van der Waals surface area contributed by atoms with Crippen LogP contribution in [0.5, 0.6) is 0 Å². The fourth-order valence-corrected chi connectivity index (χ4v) is 11.0. The molecule has 31 heavy (non-hydrogen) atoms. The van der Waals surface area contributed by atoms with E-state index in [4.69, 9.17) is 0 Å². The Balaban J connectivity index is 1.58. The van der Waals surface area contributed by atoms with Crippen LogP contribution in [-0.2, 0) is 4.79 Å². The second-order valence-corrected chi connectivity index (χ2v) is 14.3. The Kier molecular flexibility index (Phi) is 4.66. The van der Waals surface area contributed by atoms with Crippen molar-refractivity contribution in [1.82, 2.24) is 0 Å². The van der Waals surface area contributed by atoms with Gasteiger partial charge in [0.2, 0.25) is 0 Å². The van der Waals surface area contributed by atoms with Crippen LogP contribution in [0.4, 0.5) is 0 Å². The lowest BCUT2D eigenvalue weighted by atomic mass is 9.34. The fourth-order valence-electron chi connectivity index (χ4n) is 11.0. The zero-order valence-corrected chi connectivity index (χ0v) is 21.8. The molecule has 174 valence electrons. The topological polar surface area (TPSA) is 17.1 Å². The molecule has 0 spiro atoms. The highest BCUT2D eigenvalue weighted by Crippen LogP contribution is 2.75. The molecule has 5 aliphatic rings. The van der Waals surface area contributed by atoms with E-state index in [0.29, 0.717) is 33.4 Å². The van der Waals surface area contributed by atoms with Gasteiger partial charge in [0.05, 0.1) is 0 Å². The monoisotopic (exact) mass is 424 g/mol. The quantitative estimate of drug-likeness (QED) is 0.386. The number of carbonyl (C=O) groups excluding carboxylic acids is 1. The van der Waals surface area contributed by atoms with E-state index in [1.54, 1.807) is 0 Å². The Bertz CT molecular complexity index is 831. The number of allylic oxidation sites excluding steroid dienone is 2. The lowest BCUT2D eigenvalue weighted by Gasteiger charge is -2.70. The van der Waals surface area contributed by atoms with Gasteiger partial charge in [-0.3, -0.25) is 4.79 Å². The molecule has 0 aromatic rings. The van der Waals surface area contributed by atoms with E-state index >= 15 is 0 Å². The van der Waals surface area contributed by atoms with Gasteiger partial charge in [-0.2, -0.15) is 0 Å². The molecule has 0 aromatic heterocycles. The van der Waals surface area contributed by atoms with Crippen molar-refractivity contribution >= 4 is 5.78 Å². The summed E-state index contributed by atoms with van der Waals surface area (Å²) in [7, 11) is 0. The molecule has 0 bridgehead atoms. The predicted octanol–water partition coefficient (Wildman–Crippen LogP) is 8.38. The highest BCUT2D eigenvalue weighted by Gasteiger charge is 2.67. The first-order chi connectivity index (χ1) is 14.3. The van der Waals surface area contributed by atoms with Gasteiger partial charge in [0.1, 0.15) is 5.78 Å². The number of carbonyl (C=O) groups is 1. The van der Waals surface area contributed by atoms with Crippen LogP contribution in [0.2, 0.25) is 0 Å². The van der Waals surface area contributed by atoms with Gasteiger partial charge >= 0.3 is 0 Å². The minimum Gasteiger partial charge on any atom is -0.299 e. The van der Waals surface area contributed by atoms with Crippen molar-refractivity contribution in [1.29, 1.82) is 0 Å². The summed E-state index contributed by atoms with van der Waals surface area (Å²) in [4.78, 5) is 12.9. The van der Waals surface area contributed by atoms with Crippen LogP contribution in [0.3, 0.4) is 0 Å². The van der Waals surface area contributed by atoms with Crippen molar-refractivity contribution < 1.29 is 4.79 Å².